The molecule has 2 aliphatic rings. The number of alkyl halides is 3. The number of likely N-dealkylation sites (tertiary alicyclic amines) is 2. The topological polar surface area (TPSA) is 105 Å². The summed E-state index contributed by atoms with van der Waals surface area (Å²) in [6.45, 7) is 7.29. The number of nitrogens with one attached hydrogen (secondary N) is 1. The summed E-state index contributed by atoms with van der Waals surface area (Å²) in [7, 11) is 0. The van der Waals surface area contributed by atoms with Gasteiger partial charge >= 0.3 is 18.2 Å². The summed E-state index contributed by atoms with van der Waals surface area (Å²) < 4.78 is 48.7. The van der Waals surface area contributed by atoms with E-state index in [1.54, 1.807) is 9.80 Å². The SMILES string of the molecule is C#CC(CC(=O)OCc1ccc(C(F)(F)F)cc1)NC(=O)[C@@H]1CCCN(C(=O)CCC2CCN(C(=O)OC(C)(C)C)CC2)C1. The summed E-state index contributed by atoms with van der Waals surface area (Å²) in [4.78, 5) is 53.9. The van der Waals surface area contributed by atoms with Crippen molar-refractivity contribution < 1.29 is 41.8 Å². The van der Waals surface area contributed by atoms with Crippen molar-refractivity contribution in [2.75, 3.05) is 26.2 Å². The Balaban J connectivity index is 1.38. The molecule has 1 N–H and O–H groups in total. The molecule has 1 unspecified atom stereocenters. The van der Waals surface area contributed by atoms with Crippen molar-refractivity contribution in [1.82, 2.24) is 15.1 Å². The molecule has 2 fully saturated rings. The highest BCUT2D eigenvalue weighted by Crippen LogP contribution is 2.29. The Labute approximate surface area is 256 Å². The van der Waals surface area contributed by atoms with E-state index < -0.39 is 35.3 Å². The van der Waals surface area contributed by atoms with Crippen LogP contribution in [0, 0.1) is 24.2 Å². The molecule has 0 saturated carbocycles. The first kappa shape index (κ1) is 34.7. The normalized spacial score (nSPS) is 18.6. The van der Waals surface area contributed by atoms with E-state index in [1.165, 1.54) is 12.1 Å². The fourth-order valence-corrected chi connectivity index (χ4v) is 5.25. The number of benzene rings is 1. The predicted octanol–water partition coefficient (Wildman–Crippen LogP) is 4.92. The maximum atomic E-state index is 13.0. The molecule has 3 rings (SSSR count). The molecule has 0 aromatic heterocycles. The third-order valence-electron chi connectivity index (χ3n) is 7.75. The number of rotatable bonds is 9. The van der Waals surface area contributed by atoms with E-state index in [2.05, 4.69) is 11.2 Å². The zero-order valence-corrected chi connectivity index (χ0v) is 25.6. The molecule has 0 bridgehead atoms. The van der Waals surface area contributed by atoms with Gasteiger partial charge in [0, 0.05) is 32.6 Å². The summed E-state index contributed by atoms with van der Waals surface area (Å²) in [6, 6.07) is 3.33. The lowest BCUT2D eigenvalue weighted by atomic mass is 9.91. The summed E-state index contributed by atoms with van der Waals surface area (Å²) in [5, 5.41) is 2.68. The highest BCUT2D eigenvalue weighted by Gasteiger charge is 2.32. The number of amides is 3. The van der Waals surface area contributed by atoms with Gasteiger partial charge in [0.25, 0.3) is 0 Å². The molecule has 2 atom stereocenters. The first-order valence-electron chi connectivity index (χ1n) is 15.0. The number of piperidine rings is 2. The van der Waals surface area contributed by atoms with Crippen LogP contribution in [0.5, 0.6) is 0 Å². The van der Waals surface area contributed by atoms with E-state index in [1.807, 2.05) is 20.8 Å². The van der Waals surface area contributed by atoms with Crippen molar-refractivity contribution in [3.8, 4) is 12.3 Å². The van der Waals surface area contributed by atoms with Gasteiger partial charge in [0.2, 0.25) is 11.8 Å². The first-order valence-corrected chi connectivity index (χ1v) is 15.0. The van der Waals surface area contributed by atoms with Gasteiger partial charge in [0.05, 0.1) is 17.9 Å². The van der Waals surface area contributed by atoms with Crippen LogP contribution in [0.15, 0.2) is 24.3 Å². The van der Waals surface area contributed by atoms with Crippen LogP contribution in [0.3, 0.4) is 0 Å². The average molecular weight is 622 g/mol. The van der Waals surface area contributed by atoms with Crippen molar-refractivity contribution in [1.29, 1.82) is 0 Å². The van der Waals surface area contributed by atoms with E-state index in [0.717, 1.165) is 25.0 Å². The summed E-state index contributed by atoms with van der Waals surface area (Å²) in [5.41, 5.74) is -0.966. The Morgan fingerprint density at radius 3 is 2.27 bits per heavy atom. The molecule has 2 heterocycles. The molecule has 2 saturated heterocycles. The largest absolute Gasteiger partial charge is 0.461 e. The van der Waals surface area contributed by atoms with Crippen LogP contribution >= 0.6 is 0 Å². The van der Waals surface area contributed by atoms with Gasteiger partial charge in [-0.05, 0) is 76.5 Å². The second-order valence-corrected chi connectivity index (χ2v) is 12.4. The van der Waals surface area contributed by atoms with Crippen molar-refractivity contribution in [2.45, 2.75) is 90.1 Å². The Bertz CT molecular complexity index is 1200. The van der Waals surface area contributed by atoms with Crippen molar-refractivity contribution in [3.05, 3.63) is 35.4 Å². The number of hydrogen-bond donors (Lipinski definition) is 1. The molecule has 242 valence electrons. The molecule has 0 spiro atoms. The van der Waals surface area contributed by atoms with Crippen LogP contribution < -0.4 is 5.32 Å². The Morgan fingerprint density at radius 1 is 1.02 bits per heavy atom. The van der Waals surface area contributed by atoms with Crippen molar-refractivity contribution >= 4 is 23.9 Å². The minimum atomic E-state index is -4.46. The van der Waals surface area contributed by atoms with Gasteiger partial charge in [-0.25, -0.2) is 4.79 Å². The van der Waals surface area contributed by atoms with Gasteiger partial charge in [-0.15, -0.1) is 6.42 Å². The minimum Gasteiger partial charge on any atom is -0.461 e. The van der Waals surface area contributed by atoms with Crippen LogP contribution in [0.4, 0.5) is 18.0 Å². The van der Waals surface area contributed by atoms with Gasteiger partial charge in [-0.3, -0.25) is 14.4 Å². The molecule has 12 heteroatoms. The van der Waals surface area contributed by atoms with Gasteiger partial charge in [-0.1, -0.05) is 18.1 Å². The summed E-state index contributed by atoms with van der Waals surface area (Å²) in [6.07, 6.45) is 4.38. The molecule has 0 aliphatic carbocycles. The maximum Gasteiger partial charge on any atom is 0.416 e. The van der Waals surface area contributed by atoms with Crippen LogP contribution in [-0.2, 0) is 36.6 Å². The molecule has 1 aromatic carbocycles. The second-order valence-electron chi connectivity index (χ2n) is 12.4. The van der Waals surface area contributed by atoms with E-state index >= 15 is 0 Å². The Kier molecular flexibility index (Phi) is 12.1. The molecule has 9 nitrogen and oxygen atoms in total. The van der Waals surface area contributed by atoms with Gasteiger partial charge in [0.15, 0.2) is 0 Å². The lowest BCUT2D eigenvalue weighted by Crippen LogP contribution is -2.47. The van der Waals surface area contributed by atoms with Crippen LogP contribution in [0.25, 0.3) is 0 Å². The van der Waals surface area contributed by atoms with Crippen molar-refractivity contribution in [3.63, 3.8) is 0 Å². The van der Waals surface area contributed by atoms with Crippen LogP contribution in [0.1, 0.15) is 76.8 Å². The highest BCUT2D eigenvalue weighted by molar-refractivity contribution is 5.82. The molecular formula is C32H42F3N3O6. The van der Waals surface area contributed by atoms with Crippen molar-refractivity contribution in [2.24, 2.45) is 11.8 Å². The van der Waals surface area contributed by atoms with Gasteiger partial charge in [-0.2, -0.15) is 13.2 Å². The third kappa shape index (κ3) is 11.1. The molecule has 1 aromatic rings. The Hall–Kier alpha value is -3.75. The third-order valence-corrected chi connectivity index (χ3v) is 7.75. The van der Waals surface area contributed by atoms with E-state index in [9.17, 15) is 32.3 Å². The summed E-state index contributed by atoms with van der Waals surface area (Å²) >= 11 is 0. The van der Waals surface area contributed by atoms with E-state index in [-0.39, 0.29) is 37.5 Å². The fourth-order valence-electron chi connectivity index (χ4n) is 5.25. The summed E-state index contributed by atoms with van der Waals surface area (Å²) in [5.74, 6) is 1.16. The number of halogens is 3. The second kappa shape index (κ2) is 15.3. The number of nitrogens with zero attached hydrogens (tertiary/aromatic N) is 2. The lowest BCUT2D eigenvalue weighted by molar-refractivity contribution is -0.145. The van der Waals surface area contributed by atoms with Gasteiger partial charge in [0.1, 0.15) is 18.2 Å². The number of terminal acetylenes is 1. The molecule has 0 radical (unpaired) electrons. The van der Waals surface area contributed by atoms with Crippen LogP contribution in [-0.4, -0.2) is 71.5 Å². The highest BCUT2D eigenvalue weighted by atomic mass is 19.4. The molecule has 3 amide bonds. The van der Waals surface area contributed by atoms with Crippen LogP contribution in [0.2, 0.25) is 0 Å². The molecule has 44 heavy (non-hydrogen) atoms. The van der Waals surface area contributed by atoms with E-state index in [4.69, 9.17) is 15.9 Å². The number of carbonyl (C=O) groups excluding carboxylic acids is 4. The first-order chi connectivity index (χ1) is 20.6. The molecule has 2 aliphatic heterocycles. The van der Waals surface area contributed by atoms with E-state index in [0.29, 0.717) is 56.8 Å². The number of carbonyl (C=O) groups is 4. The Morgan fingerprint density at radius 2 is 1.68 bits per heavy atom. The average Bonchev–Trinajstić information content (AvgIpc) is 2.97. The zero-order chi connectivity index (χ0) is 32.5. The van der Waals surface area contributed by atoms with Gasteiger partial charge < -0.3 is 24.6 Å². The number of ether oxygens (including phenoxy) is 2. The quantitative estimate of drug-likeness (QED) is 0.310. The number of hydrogen-bond acceptors (Lipinski definition) is 6. The maximum absolute atomic E-state index is 13.0. The number of esters is 1. The minimum absolute atomic E-state index is 0.0163. The smallest absolute Gasteiger partial charge is 0.416 e. The molecular weight excluding hydrogens is 579 g/mol. The zero-order valence-electron chi connectivity index (χ0n) is 25.6. The standard InChI is InChI=1S/C32H42F3N3O6/c1-5-26(19-28(40)43-21-23-8-11-25(12-9-23)32(33,34)35)36-29(41)24-7-6-16-38(20-24)27(39)13-10-22-14-17-37(18-15-22)30(42)44-31(2,3)4/h1,8-9,11-12,22,24,26H,6-7,10,13-21H2,2-4H3,(H,36,41)/t24-,26?/m1/s1. The lowest BCUT2D eigenvalue weighted by Gasteiger charge is -2.34. The monoisotopic (exact) mass is 621 g/mol. The predicted molar refractivity (Wildman–Crippen MR) is 156 cm³/mol. The fraction of sp³-hybridized carbons (Fsp3) is 0.625.